The maximum Gasteiger partial charge on any atom is 0.255 e. The van der Waals surface area contributed by atoms with Crippen molar-refractivity contribution in [1.82, 2.24) is 10.2 Å². The highest BCUT2D eigenvalue weighted by molar-refractivity contribution is 6.30. The molecule has 2 rings (SSSR count). The molecule has 0 aliphatic carbocycles. The Bertz CT molecular complexity index is 526. The van der Waals surface area contributed by atoms with E-state index in [9.17, 15) is 4.79 Å². The van der Waals surface area contributed by atoms with Gasteiger partial charge >= 0.3 is 0 Å². The van der Waals surface area contributed by atoms with Gasteiger partial charge in [-0.05, 0) is 38.1 Å². The van der Waals surface area contributed by atoms with Crippen LogP contribution >= 0.6 is 11.6 Å². The molecule has 88 valence electrons. The van der Waals surface area contributed by atoms with Crippen LogP contribution in [0.3, 0.4) is 0 Å². The van der Waals surface area contributed by atoms with E-state index in [1.54, 1.807) is 24.3 Å². The van der Waals surface area contributed by atoms with Crippen molar-refractivity contribution < 1.29 is 4.79 Å². The second-order valence-electron chi connectivity index (χ2n) is 3.77. The number of hydrogen-bond donors (Lipinski definition) is 2. The number of rotatable bonds is 2. The number of nitrogens with zero attached hydrogens (tertiary/aromatic N) is 1. The summed E-state index contributed by atoms with van der Waals surface area (Å²) in [5, 5.41) is 10.3. The van der Waals surface area contributed by atoms with E-state index in [4.69, 9.17) is 11.6 Å². The molecule has 0 unspecified atom stereocenters. The van der Waals surface area contributed by atoms with Crippen molar-refractivity contribution >= 4 is 23.2 Å². The van der Waals surface area contributed by atoms with Crippen molar-refractivity contribution in [3.05, 3.63) is 46.2 Å². The van der Waals surface area contributed by atoms with Gasteiger partial charge in [0.05, 0.1) is 17.1 Å². The van der Waals surface area contributed by atoms with Crippen LogP contribution < -0.4 is 5.32 Å². The standard InChI is InChI=1S/C12H12ClN3O/c1-7-11(8(2)16-15-7)14-12(17)9-3-5-10(13)6-4-9/h3-6H,1-2H3,(H,14,17)(H,15,16). The van der Waals surface area contributed by atoms with Gasteiger partial charge in [-0.15, -0.1) is 0 Å². The summed E-state index contributed by atoms with van der Waals surface area (Å²) in [6.45, 7) is 3.69. The van der Waals surface area contributed by atoms with E-state index < -0.39 is 0 Å². The molecule has 17 heavy (non-hydrogen) atoms. The minimum Gasteiger partial charge on any atom is -0.319 e. The van der Waals surface area contributed by atoms with Crippen LogP contribution in [0.25, 0.3) is 0 Å². The van der Waals surface area contributed by atoms with Crippen molar-refractivity contribution in [2.24, 2.45) is 0 Å². The Hall–Kier alpha value is -1.81. The van der Waals surface area contributed by atoms with Gasteiger partial charge in [0.25, 0.3) is 5.91 Å². The van der Waals surface area contributed by atoms with Gasteiger partial charge in [0.1, 0.15) is 0 Å². The molecule has 1 amide bonds. The number of anilines is 1. The summed E-state index contributed by atoms with van der Waals surface area (Å²) in [6, 6.07) is 6.74. The normalized spacial score (nSPS) is 10.3. The SMILES string of the molecule is Cc1n[nH]c(C)c1NC(=O)c1ccc(Cl)cc1. The van der Waals surface area contributed by atoms with E-state index in [2.05, 4.69) is 15.5 Å². The van der Waals surface area contributed by atoms with Crippen molar-refractivity contribution in [2.45, 2.75) is 13.8 Å². The Labute approximate surface area is 104 Å². The Balaban J connectivity index is 2.20. The first-order valence-electron chi connectivity index (χ1n) is 5.16. The largest absolute Gasteiger partial charge is 0.319 e. The van der Waals surface area contributed by atoms with Crippen molar-refractivity contribution in [3.8, 4) is 0 Å². The smallest absolute Gasteiger partial charge is 0.255 e. The van der Waals surface area contributed by atoms with E-state index in [1.165, 1.54) is 0 Å². The lowest BCUT2D eigenvalue weighted by Crippen LogP contribution is -2.12. The average Bonchev–Trinajstić information content (AvgIpc) is 2.61. The highest BCUT2D eigenvalue weighted by Gasteiger charge is 2.11. The zero-order valence-corrected chi connectivity index (χ0v) is 10.3. The first-order valence-corrected chi connectivity index (χ1v) is 5.54. The predicted octanol–water partition coefficient (Wildman–Crippen LogP) is 2.93. The lowest BCUT2D eigenvalue weighted by molar-refractivity contribution is 0.102. The van der Waals surface area contributed by atoms with Crippen LogP contribution in [0.4, 0.5) is 5.69 Å². The maximum absolute atomic E-state index is 11.9. The second kappa shape index (κ2) is 4.59. The van der Waals surface area contributed by atoms with Crippen LogP contribution in [0.1, 0.15) is 21.7 Å². The molecule has 0 saturated heterocycles. The Morgan fingerprint density at radius 2 is 1.94 bits per heavy atom. The van der Waals surface area contributed by atoms with Crippen LogP contribution in [0.5, 0.6) is 0 Å². The van der Waals surface area contributed by atoms with E-state index in [1.807, 2.05) is 13.8 Å². The first kappa shape index (κ1) is 11.7. The molecule has 0 aliphatic rings. The predicted molar refractivity (Wildman–Crippen MR) is 67.5 cm³/mol. The minimum absolute atomic E-state index is 0.172. The fourth-order valence-electron chi connectivity index (χ4n) is 1.52. The quantitative estimate of drug-likeness (QED) is 0.860. The lowest BCUT2D eigenvalue weighted by Gasteiger charge is -2.05. The summed E-state index contributed by atoms with van der Waals surface area (Å²) in [5.41, 5.74) is 2.90. The Kier molecular flexibility index (Phi) is 3.15. The number of carbonyl (C=O) groups excluding carboxylic acids is 1. The third-order valence-corrected chi connectivity index (χ3v) is 2.73. The molecule has 0 atom stereocenters. The number of amides is 1. The molecule has 2 N–H and O–H groups in total. The number of nitrogens with one attached hydrogen (secondary N) is 2. The van der Waals surface area contributed by atoms with Gasteiger partial charge < -0.3 is 5.32 Å². The van der Waals surface area contributed by atoms with E-state index in [0.29, 0.717) is 10.6 Å². The van der Waals surface area contributed by atoms with Crippen LogP contribution in [-0.2, 0) is 0 Å². The highest BCUT2D eigenvalue weighted by Crippen LogP contribution is 2.17. The zero-order chi connectivity index (χ0) is 12.4. The van der Waals surface area contributed by atoms with Gasteiger partial charge in [-0.2, -0.15) is 5.10 Å². The number of aryl methyl sites for hydroxylation is 2. The number of aromatic nitrogens is 2. The third kappa shape index (κ3) is 2.47. The summed E-state index contributed by atoms with van der Waals surface area (Å²) in [7, 11) is 0. The van der Waals surface area contributed by atoms with Crippen LogP contribution in [0.2, 0.25) is 5.02 Å². The molecule has 5 heteroatoms. The monoisotopic (exact) mass is 249 g/mol. The van der Waals surface area contributed by atoms with Gasteiger partial charge in [-0.1, -0.05) is 11.6 Å². The molecule has 1 heterocycles. The molecule has 2 aromatic rings. The number of aromatic amines is 1. The summed E-state index contributed by atoms with van der Waals surface area (Å²) >= 11 is 5.76. The zero-order valence-electron chi connectivity index (χ0n) is 9.54. The van der Waals surface area contributed by atoms with Gasteiger partial charge in [-0.3, -0.25) is 9.89 Å². The summed E-state index contributed by atoms with van der Waals surface area (Å²) in [6.07, 6.45) is 0. The fourth-order valence-corrected chi connectivity index (χ4v) is 1.65. The number of benzene rings is 1. The lowest BCUT2D eigenvalue weighted by atomic mass is 10.2. The topological polar surface area (TPSA) is 57.8 Å². The molecule has 1 aromatic heterocycles. The van der Waals surface area contributed by atoms with Gasteiger partial charge in [-0.25, -0.2) is 0 Å². The van der Waals surface area contributed by atoms with E-state index in [0.717, 1.165) is 17.1 Å². The summed E-state index contributed by atoms with van der Waals surface area (Å²) in [4.78, 5) is 11.9. The number of hydrogen-bond acceptors (Lipinski definition) is 2. The minimum atomic E-state index is -0.172. The number of halogens is 1. The molecule has 0 bridgehead atoms. The van der Waals surface area contributed by atoms with Crippen LogP contribution in [0.15, 0.2) is 24.3 Å². The van der Waals surface area contributed by atoms with Gasteiger partial charge in [0.2, 0.25) is 0 Å². The van der Waals surface area contributed by atoms with E-state index >= 15 is 0 Å². The van der Waals surface area contributed by atoms with E-state index in [-0.39, 0.29) is 5.91 Å². The molecule has 4 nitrogen and oxygen atoms in total. The Morgan fingerprint density at radius 3 is 2.47 bits per heavy atom. The first-order chi connectivity index (χ1) is 8.08. The van der Waals surface area contributed by atoms with Gasteiger partial charge in [0.15, 0.2) is 0 Å². The number of H-pyrrole nitrogens is 1. The summed E-state index contributed by atoms with van der Waals surface area (Å²) < 4.78 is 0. The molecule has 0 spiro atoms. The second-order valence-corrected chi connectivity index (χ2v) is 4.21. The van der Waals surface area contributed by atoms with Crippen LogP contribution in [-0.4, -0.2) is 16.1 Å². The fraction of sp³-hybridized carbons (Fsp3) is 0.167. The van der Waals surface area contributed by atoms with Crippen molar-refractivity contribution in [3.63, 3.8) is 0 Å². The third-order valence-electron chi connectivity index (χ3n) is 2.47. The van der Waals surface area contributed by atoms with Crippen molar-refractivity contribution in [2.75, 3.05) is 5.32 Å². The molecule has 0 radical (unpaired) electrons. The number of carbonyl (C=O) groups is 1. The molecular weight excluding hydrogens is 238 g/mol. The molecule has 0 aliphatic heterocycles. The highest BCUT2D eigenvalue weighted by atomic mass is 35.5. The molecular formula is C12H12ClN3O. The summed E-state index contributed by atoms with van der Waals surface area (Å²) in [5.74, 6) is -0.172. The van der Waals surface area contributed by atoms with Gasteiger partial charge in [0, 0.05) is 10.6 Å². The molecule has 1 aromatic carbocycles. The Morgan fingerprint density at radius 1 is 1.29 bits per heavy atom. The van der Waals surface area contributed by atoms with Crippen molar-refractivity contribution in [1.29, 1.82) is 0 Å². The molecule has 0 saturated carbocycles. The molecule has 0 fully saturated rings. The average molecular weight is 250 g/mol. The van der Waals surface area contributed by atoms with Crippen LogP contribution in [0, 0.1) is 13.8 Å². The maximum atomic E-state index is 11.9.